The molecule has 0 saturated heterocycles. The number of carbonyl (C=O) groups excluding carboxylic acids is 1. The highest BCUT2D eigenvalue weighted by Gasteiger charge is 2.13. The molecular weight excluding hydrogens is 304 g/mol. The lowest BCUT2D eigenvalue weighted by molar-refractivity contribution is -0.116. The van der Waals surface area contributed by atoms with Crippen LogP contribution >= 0.6 is 15.9 Å². The van der Waals surface area contributed by atoms with Crippen LogP contribution in [0.1, 0.15) is 39.0 Å². The SMILES string of the molecule is CCCCCCC(=O)Nc1c(F)cc(Br)cc1F. The molecule has 1 amide bonds. The van der Waals surface area contributed by atoms with Gasteiger partial charge in [-0.1, -0.05) is 42.1 Å². The molecule has 0 unspecified atom stereocenters. The molecule has 18 heavy (non-hydrogen) atoms. The average Bonchev–Trinajstić information content (AvgIpc) is 2.29. The fourth-order valence-corrected chi connectivity index (χ4v) is 1.98. The number of benzene rings is 1. The van der Waals surface area contributed by atoms with E-state index in [0.717, 1.165) is 37.8 Å². The largest absolute Gasteiger partial charge is 0.321 e. The summed E-state index contributed by atoms with van der Waals surface area (Å²) in [4.78, 5) is 11.5. The highest BCUT2D eigenvalue weighted by atomic mass is 79.9. The number of hydrogen-bond donors (Lipinski definition) is 1. The molecule has 0 saturated carbocycles. The molecule has 1 rings (SSSR count). The average molecular weight is 320 g/mol. The Morgan fingerprint density at radius 3 is 2.39 bits per heavy atom. The Labute approximate surface area is 114 Å². The summed E-state index contributed by atoms with van der Waals surface area (Å²) in [5, 5.41) is 2.27. The molecule has 0 spiro atoms. The Bertz CT molecular complexity index is 400. The van der Waals surface area contributed by atoms with Crippen molar-refractivity contribution in [3.8, 4) is 0 Å². The van der Waals surface area contributed by atoms with Crippen LogP contribution in [0.15, 0.2) is 16.6 Å². The number of unbranched alkanes of at least 4 members (excludes halogenated alkanes) is 3. The first kappa shape index (κ1) is 15.1. The molecule has 0 bridgehead atoms. The van der Waals surface area contributed by atoms with E-state index in [1.807, 2.05) is 0 Å². The number of carbonyl (C=O) groups is 1. The minimum absolute atomic E-state index is 0.287. The van der Waals surface area contributed by atoms with Crippen LogP contribution in [0.4, 0.5) is 14.5 Å². The molecule has 0 aliphatic heterocycles. The second kappa shape index (κ2) is 7.46. The number of amides is 1. The lowest BCUT2D eigenvalue weighted by Gasteiger charge is -2.08. The zero-order chi connectivity index (χ0) is 13.5. The molecule has 0 atom stereocenters. The Hall–Kier alpha value is -0.970. The summed E-state index contributed by atoms with van der Waals surface area (Å²) in [6, 6.07) is 2.24. The molecule has 100 valence electrons. The molecule has 0 aliphatic rings. The molecule has 0 aromatic heterocycles. The van der Waals surface area contributed by atoms with E-state index in [4.69, 9.17) is 0 Å². The van der Waals surface area contributed by atoms with Crippen LogP contribution in [0.5, 0.6) is 0 Å². The highest BCUT2D eigenvalue weighted by molar-refractivity contribution is 9.10. The summed E-state index contributed by atoms with van der Waals surface area (Å²) in [5.74, 6) is -1.90. The monoisotopic (exact) mass is 319 g/mol. The third-order valence-electron chi connectivity index (χ3n) is 2.53. The van der Waals surface area contributed by atoms with E-state index in [1.165, 1.54) is 0 Å². The van der Waals surface area contributed by atoms with Gasteiger partial charge in [0, 0.05) is 10.9 Å². The predicted octanol–water partition coefficient (Wildman–Crippen LogP) is 4.64. The smallest absolute Gasteiger partial charge is 0.224 e. The summed E-state index contributed by atoms with van der Waals surface area (Å²) in [7, 11) is 0. The second-order valence-electron chi connectivity index (χ2n) is 4.10. The van der Waals surface area contributed by atoms with Gasteiger partial charge in [-0.25, -0.2) is 8.78 Å². The first-order valence-electron chi connectivity index (χ1n) is 5.99. The van der Waals surface area contributed by atoms with Crippen molar-refractivity contribution in [3.63, 3.8) is 0 Å². The van der Waals surface area contributed by atoms with Crippen molar-refractivity contribution in [3.05, 3.63) is 28.2 Å². The lowest BCUT2D eigenvalue weighted by atomic mass is 10.1. The van der Waals surface area contributed by atoms with Gasteiger partial charge in [0.05, 0.1) is 0 Å². The van der Waals surface area contributed by atoms with E-state index >= 15 is 0 Å². The molecule has 5 heteroatoms. The zero-order valence-electron chi connectivity index (χ0n) is 10.2. The van der Waals surface area contributed by atoms with Crippen molar-refractivity contribution < 1.29 is 13.6 Å². The van der Waals surface area contributed by atoms with Gasteiger partial charge in [-0.3, -0.25) is 4.79 Å². The molecular formula is C13H16BrF2NO. The normalized spacial score (nSPS) is 10.4. The first-order chi connectivity index (χ1) is 8.54. The van der Waals surface area contributed by atoms with Gasteiger partial charge in [-0.05, 0) is 18.6 Å². The van der Waals surface area contributed by atoms with E-state index in [0.29, 0.717) is 4.47 Å². The van der Waals surface area contributed by atoms with Gasteiger partial charge in [-0.15, -0.1) is 0 Å². The summed E-state index contributed by atoms with van der Waals surface area (Å²) in [6.07, 6.45) is 4.12. The maximum Gasteiger partial charge on any atom is 0.224 e. The molecule has 0 radical (unpaired) electrons. The van der Waals surface area contributed by atoms with Gasteiger partial charge in [0.2, 0.25) is 5.91 Å². The Morgan fingerprint density at radius 1 is 1.22 bits per heavy atom. The number of nitrogens with one attached hydrogen (secondary N) is 1. The van der Waals surface area contributed by atoms with Gasteiger partial charge < -0.3 is 5.32 Å². The predicted molar refractivity (Wildman–Crippen MR) is 71.4 cm³/mol. The Balaban J connectivity index is 2.54. The van der Waals surface area contributed by atoms with Crippen LogP contribution in [0.3, 0.4) is 0 Å². The third kappa shape index (κ3) is 4.72. The van der Waals surface area contributed by atoms with Crippen molar-refractivity contribution in [2.45, 2.75) is 39.0 Å². The topological polar surface area (TPSA) is 29.1 Å². The van der Waals surface area contributed by atoms with E-state index in [9.17, 15) is 13.6 Å². The molecule has 0 aliphatic carbocycles. The van der Waals surface area contributed by atoms with Crippen molar-refractivity contribution in [2.75, 3.05) is 5.32 Å². The summed E-state index contributed by atoms with van der Waals surface area (Å²) >= 11 is 2.98. The van der Waals surface area contributed by atoms with E-state index in [1.54, 1.807) is 0 Å². The number of hydrogen-bond acceptors (Lipinski definition) is 1. The van der Waals surface area contributed by atoms with Gasteiger partial charge >= 0.3 is 0 Å². The minimum Gasteiger partial charge on any atom is -0.321 e. The van der Waals surface area contributed by atoms with Gasteiger partial charge in [0.25, 0.3) is 0 Å². The van der Waals surface area contributed by atoms with Crippen molar-refractivity contribution in [2.24, 2.45) is 0 Å². The fourth-order valence-electron chi connectivity index (χ4n) is 1.58. The Kier molecular flexibility index (Phi) is 6.25. The standard InChI is InChI=1S/C13H16BrF2NO/c1-2-3-4-5-6-12(18)17-13-10(15)7-9(14)8-11(13)16/h7-8H,2-6H2,1H3,(H,17,18). The van der Waals surface area contributed by atoms with Crippen molar-refractivity contribution >= 4 is 27.5 Å². The van der Waals surface area contributed by atoms with Crippen LogP contribution in [0, 0.1) is 11.6 Å². The first-order valence-corrected chi connectivity index (χ1v) is 6.78. The Morgan fingerprint density at radius 2 is 1.83 bits per heavy atom. The third-order valence-corrected chi connectivity index (χ3v) is 2.99. The zero-order valence-corrected chi connectivity index (χ0v) is 11.8. The van der Waals surface area contributed by atoms with Gasteiger partial charge in [0.1, 0.15) is 5.69 Å². The van der Waals surface area contributed by atoms with Gasteiger partial charge in [-0.2, -0.15) is 0 Å². The maximum absolute atomic E-state index is 13.4. The lowest BCUT2D eigenvalue weighted by Crippen LogP contribution is -2.13. The van der Waals surface area contributed by atoms with Crippen molar-refractivity contribution in [1.29, 1.82) is 0 Å². The molecule has 0 fully saturated rings. The number of rotatable bonds is 6. The summed E-state index contributed by atoms with van der Waals surface area (Å²) in [6.45, 7) is 2.08. The van der Waals surface area contributed by atoms with E-state index < -0.39 is 11.6 Å². The fraction of sp³-hybridized carbons (Fsp3) is 0.462. The highest BCUT2D eigenvalue weighted by Crippen LogP contribution is 2.24. The quantitative estimate of drug-likeness (QED) is 0.760. The summed E-state index contributed by atoms with van der Waals surface area (Å²) < 4.78 is 27.2. The number of anilines is 1. The second-order valence-corrected chi connectivity index (χ2v) is 5.02. The van der Waals surface area contributed by atoms with Crippen LogP contribution in [0.2, 0.25) is 0 Å². The van der Waals surface area contributed by atoms with Crippen LogP contribution in [-0.2, 0) is 4.79 Å². The van der Waals surface area contributed by atoms with E-state index in [-0.39, 0.29) is 18.0 Å². The van der Waals surface area contributed by atoms with Gasteiger partial charge in [0.15, 0.2) is 11.6 Å². The van der Waals surface area contributed by atoms with Crippen molar-refractivity contribution in [1.82, 2.24) is 0 Å². The molecule has 1 aromatic rings. The molecule has 2 nitrogen and oxygen atoms in total. The molecule has 0 heterocycles. The maximum atomic E-state index is 13.4. The van der Waals surface area contributed by atoms with Crippen LogP contribution < -0.4 is 5.32 Å². The number of halogens is 3. The van der Waals surface area contributed by atoms with Crippen LogP contribution in [0.25, 0.3) is 0 Å². The minimum atomic E-state index is -0.774. The van der Waals surface area contributed by atoms with E-state index in [2.05, 4.69) is 28.2 Å². The summed E-state index contributed by atoms with van der Waals surface area (Å²) in [5.41, 5.74) is -0.376. The molecule has 1 aromatic carbocycles. The van der Waals surface area contributed by atoms with Crippen LogP contribution in [-0.4, -0.2) is 5.91 Å². The molecule has 1 N–H and O–H groups in total.